The molecule has 0 amide bonds. The van der Waals surface area contributed by atoms with E-state index in [9.17, 15) is 0 Å². The molecule has 0 unspecified atom stereocenters. The third-order valence-electron chi connectivity index (χ3n) is 6.15. The van der Waals surface area contributed by atoms with E-state index >= 15 is 0 Å². The van der Waals surface area contributed by atoms with Crippen molar-refractivity contribution in [2.24, 2.45) is 0 Å². The molecule has 0 saturated heterocycles. The Hall–Kier alpha value is -2.56. The fraction of sp³-hybridized carbons (Fsp3) is 0.259. The maximum atomic E-state index is 4.78. The molecule has 0 aliphatic carbocycles. The average Bonchev–Trinajstić information content (AvgIpc) is 3.10. The zero-order valence-electron chi connectivity index (χ0n) is 19.1. The van der Waals surface area contributed by atoms with Gasteiger partial charge < -0.3 is 0 Å². The van der Waals surface area contributed by atoms with Crippen molar-refractivity contribution in [3.8, 4) is 11.3 Å². The number of rotatable bonds is 3. The molecule has 5 aromatic rings. The van der Waals surface area contributed by atoms with Gasteiger partial charge in [-0.05, 0) is 47.4 Å². The van der Waals surface area contributed by atoms with Crippen LogP contribution in [0.4, 0.5) is 0 Å². The lowest BCUT2D eigenvalue weighted by molar-refractivity contribution is 0.876. The minimum absolute atomic E-state index is 0.448. The van der Waals surface area contributed by atoms with Crippen molar-refractivity contribution in [1.82, 2.24) is 9.97 Å². The number of hydrogen-bond donors (Lipinski definition) is 0. The second-order valence-corrected chi connectivity index (χ2v) is 16.0. The van der Waals surface area contributed by atoms with Crippen LogP contribution < -0.4 is 5.19 Å². The number of aromatic nitrogens is 2. The first-order valence-electron chi connectivity index (χ1n) is 10.9. The number of thiophene rings is 1. The van der Waals surface area contributed by atoms with Crippen molar-refractivity contribution in [1.29, 1.82) is 0 Å². The second kappa shape index (κ2) is 7.25. The molecule has 2 aromatic heterocycles. The van der Waals surface area contributed by atoms with Crippen LogP contribution in [0, 0.1) is 6.92 Å². The standard InChI is InChI=1S/C27H28N2SSi/c1-16(2)23-13-19(12-18-11-17(3)7-9-21(18)23)25-27-26(29-15-28-25)22-10-8-20(31(4,5)6)14-24(22)30-27/h7-16H,1-6H3. The summed E-state index contributed by atoms with van der Waals surface area (Å²) in [5.74, 6) is 0.448. The van der Waals surface area contributed by atoms with Crippen LogP contribution in [-0.4, -0.2) is 18.0 Å². The van der Waals surface area contributed by atoms with Crippen LogP contribution >= 0.6 is 11.3 Å². The van der Waals surface area contributed by atoms with E-state index in [0.29, 0.717) is 5.92 Å². The molecule has 0 saturated carbocycles. The summed E-state index contributed by atoms with van der Waals surface area (Å²) in [7, 11) is -1.36. The van der Waals surface area contributed by atoms with Gasteiger partial charge in [-0.15, -0.1) is 11.3 Å². The second-order valence-electron chi connectivity index (χ2n) is 9.91. The third kappa shape index (κ3) is 3.48. The number of nitrogens with zero attached hydrogens (tertiary/aromatic N) is 2. The first kappa shape index (κ1) is 20.3. The van der Waals surface area contributed by atoms with Gasteiger partial charge in [0.1, 0.15) is 6.33 Å². The van der Waals surface area contributed by atoms with Gasteiger partial charge in [0.05, 0.1) is 24.0 Å². The normalized spacial score (nSPS) is 12.5. The van der Waals surface area contributed by atoms with Gasteiger partial charge in [0.25, 0.3) is 0 Å². The molecule has 0 aliphatic heterocycles. The van der Waals surface area contributed by atoms with Gasteiger partial charge >= 0.3 is 0 Å². The molecule has 0 atom stereocenters. The summed E-state index contributed by atoms with van der Waals surface area (Å²) in [5, 5.41) is 5.36. The smallest absolute Gasteiger partial charge is 0.116 e. The first-order chi connectivity index (χ1) is 14.7. The Morgan fingerprint density at radius 3 is 2.39 bits per heavy atom. The lowest BCUT2D eigenvalue weighted by Gasteiger charge is -2.16. The number of benzene rings is 3. The van der Waals surface area contributed by atoms with E-state index in [1.807, 2.05) is 11.3 Å². The van der Waals surface area contributed by atoms with Crippen LogP contribution in [-0.2, 0) is 0 Å². The Balaban J connectivity index is 1.79. The van der Waals surface area contributed by atoms with Crippen molar-refractivity contribution in [2.75, 3.05) is 0 Å². The van der Waals surface area contributed by atoms with Gasteiger partial charge in [0, 0.05) is 15.6 Å². The van der Waals surface area contributed by atoms with Crippen LogP contribution in [0.15, 0.2) is 54.9 Å². The fourth-order valence-electron chi connectivity index (χ4n) is 4.38. The molecule has 0 fully saturated rings. The summed E-state index contributed by atoms with van der Waals surface area (Å²) in [6.07, 6.45) is 1.73. The Morgan fingerprint density at radius 2 is 1.65 bits per heavy atom. The average molecular weight is 441 g/mol. The molecule has 0 radical (unpaired) electrons. The maximum absolute atomic E-state index is 4.78. The topological polar surface area (TPSA) is 25.8 Å². The van der Waals surface area contributed by atoms with E-state index in [-0.39, 0.29) is 0 Å². The SMILES string of the molecule is Cc1ccc2c(C(C)C)cc(-c3ncnc4c3sc3cc([Si](C)(C)C)ccc34)cc2c1. The summed E-state index contributed by atoms with van der Waals surface area (Å²) < 4.78 is 2.50. The highest BCUT2D eigenvalue weighted by Crippen LogP contribution is 2.39. The van der Waals surface area contributed by atoms with Gasteiger partial charge in [-0.1, -0.05) is 74.6 Å². The molecular formula is C27H28N2SSi. The van der Waals surface area contributed by atoms with Gasteiger partial charge in [-0.25, -0.2) is 9.97 Å². The van der Waals surface area contributed by atoms with E-state index in [1.54, 1.807) is 6.33 Å². The van der Waals surface area contributed by atoms with E-state index < -0.39 is 8.07 Å². The van der Waals surface area contributed by atoms with Crippen LogP contribution in [0.1, 0.15) is 30.9 Å². The summed E-state index contributed by atoms with van der Waals surface area (Å²) in [4.78, 5) is 9.47. The van der Waals surface area contributed by atoms with Crippen molar-refractivity contribution >= 4 is 55.7 Å². The third-order valence-corrected chi connectivity index (χ3v) is 9.35. The first-order valence-corrected chi connectivity index (χ1v) is 15.3. The van der Waals surface area contributed by atoms with Crippen molar-refractivity contribution in [3.05, 3.63) is 66.0 Å². The lowest BCUT2D eigenvalue weighted by atomic mass is 9.92. The van der Waals surface area contributed by atoms with E-state index in [2.05, 4.69) is 88.9 Å². The van der Waals surface area contributed by atoms with E-state index in [0.717, 1.165) is 11.2 Å². The quantitative estimate of drug-likeness (QED) is 0.269. The molecule has 31 heavy (non-hydrogen) atoms. The van der Waals surface area contributed by atoms with Crippen molar-refractivity contribution in [2.45, 2.75) is 46.3 Å². The Bertz CT molecular complexity index is 1460. The van der Waals surface area contributed by atoms with E-state index in [1.165, 1.54) is 47.4 Å². The summed E-state index contributed by atoms with van der Waals surface area (Å²) in [6, 6.07) is 18.3. The largest absolute Gasteiger partial charge is 0.235 e. The van der Waals surface area contributed by atoms with Crippen LogP contribution in [0.3, 0.4) is 0 Å². The molecule has 3 aromatic carbocycles. The Kier molecular flexibility index (Phi) is 4.76. The van der Waals surface area contributed by atoms with Crippen molar-refractivity contribution < 1.29 is 0 Å². The zero-order chi connectivity index (χ0) is 21.9. The number of aryl methyl sites for hydroxylation is 1. The molecule has 0 bridgehead atoms. The minimum atomic E-state index is -1.36. The highest BCUT2D eigenvalue weighted by molar-refractivity contribution is 7.26. The van der Waals surface area contributed by atoms with Crippen LogP contribution in [0.5, 0.6) is 0 Å². The van der Waals surface area contributed by atoms with Crippen LogP contribution in [0.25, 0.3) is 42.3 Å². The lowest BCUT2D eigenvalue weighted by Crippen LogP contribution is -2.37. The van der Waals surface area contributed by atoms with Gasteiger partial charge in [0.15, 0.2) is 0 Å². The molecule has 4 heteroatoms. The van der Waals surface area contributed by atoms with Gasteiger partial charge in [-0.3, -0.25) is 0 Å². The molecule has 2 heterocycles. The van der Waals surface area contributed by atoms with Gasteiger partial charge in [-0.2, -0.15) is 0 Å². The predicted octanol–water partition coefficient (Wildman–Crippen LogP) is 7.64. The summed E-state index contributed by atoms with van der Waals surface area (Å²) in [5.41, 5.74) is 5.97. The molecular weight excluding hydrogens is 412 g/mol. The number of fused-ring (bicyclic) bond motifs is 4. The highest BCUT2D eigenvalue weighted by atomic mass is 32.1. The molecule has 5 rings (SSSR count). The molecule has 0 N–H and O–H groups in total. The Labute approximate surface area is 189 Å². The minimum Gasteiger partial charge on any atom is -0.235 e. The molecule has 2 nitrogen and oxygen atoms in total. The van der Waals surface area contributed by atoms with Crippen molar-refractivity contribution in [3.63, 3.8) is 0 Å². The number of hydrogen-bond acceptors (Lipinski definition) is 3. The van der Waals surface area contributed by atoms with E-state index in [4.69, 9.17) is 9.97 Å². The predicted molar refractivity (Wildman–Crippen MR) is 140 cm³/mol. The Morgan fingerprint density at radius 1 is 0.871 bits per heavy atom. The monoisotopic (exact) mass is 440 g/mol. The molecule has 0 spiro atoms. The summed E-state index contributed by atoms with van der Waals surface area (Å²) in [6.45, 7) is 13.9. The molecule has 156 valence electrons. The zero-order valence-corrected chi connectivity index (χ0v) is 20.9. The fourth-order valence-corrected chi connectivity index (χ4v) is 6.85. The van der Waals surface area contributed by atoms with Gasteiger partial charge in [0.2, 0.25) is 0 Å². The summed E-state index contributed by atoms with van der Waals surface area (Å²) >= 11 is 1.83. The molecule has 0 aliphatic rings. The van der Waals surface area contributed by atoms with Crippen LogP contribution in [0.2, 0.25) is 19.6 Å². The maximum Gasteiger partial charge on any atom is 0.116 e. The highest BCUT2D eigenvalue weighted by Gasteiger charge is 2.19.